The lowest BCUT2D eigenvalue weighted by molar-refractivity contribution is -0.124. The van der Waals surface area contributed by atoms with Gasteiger partial charge in [-0.1, -0.05) is 13.8 Å². The molecule has 0 aliphatic heterocycles. The van der Waals surface area contributed by atoms with Crippen molar-refractivity contribution < 1.29 is 9.59 Å². The molecule has 7 nitrogen and oxygen atoms in total. The van der Waals surface area contributed by atoms with Crippen molar-refractivity contribution in [1.82, 2.24) is 20.1 Å². The molecule has 2 aromatic rings. The summed E-state index contributed by atoms with van der Waals surface area (Å²) in [4.78, 5) is 27.6. The molecule has 0 aromatic carbocycles. The first-order chi connectivity index (χ1) is 11.5. The summed E-state index contributed by atoms with van der Waals surface area (Å²) >= 11 is 0. The number of carbonyl (C=O) groups excluding carboxylic acids is 2. The Balaban J connectivity index is 1.88. The molecule has 24 heavy (non-hydrogen) atoms. The third-order valence-corrected chi connectivity index (χ3v) is 3.52. The van der Waals surface area contributed by atoms with Gasteiger partial charge in [-0.15, -0.1) is 0 Å². The van der Waals surface area contributed by atoms with Gasteiger partial charge in [0, 0.05) is 37.5 Å². The number of hydrogen-bond acceptors (Lipinski definition) is 4. The standard InChI is InChI=1S/C17H23N5O2/c1-12(2)4-5-16(23)19-11-17(24)20-15-10-14(21-22(15)3)13-6-8-18-9-7-13/h6-10,12H,4-5,11H2,1-3H3,(H,19,23)(H,20,24). The van der Waals surface area contributed by atoms with Crippen molar-refractivity contribution >= 4 is 17.6 Å². The van der Waals surface area contributed by atoms with E-state index in [2.05, 4.69) is 34.6 Å². The molecule has 0 aliphatic carbocycles. The molecule has 0 fully saturated rings. The fourth-order valence-electron chi connectivity index (χ4n) is 2.12. The van der Waals surface area contributed by atoms with Crippen LogP contribution in [0.15, 0.2) is 30.6 Å². The zero-order chi connectivity index (χ0) is 17.5. The Morgan fingerprint density at radius 3 is 2.58 bits per heavy atom. The Hall–Kier alpha value is -2.70. The van der Waals surface area contributed by atoms with E-state index < -0.39 is 0 Å². The zero-order valence-electron chi connectivity index (χ0n) is 14.2. The molecule has 0 radical (unpaired) electrons. The zero-order valence-corrected chi connectivity index (χ0v) is 14.2. The molecule has 2 aromatic heterocycles. The SMILES string of the molecule is CC(C)CCC(=O)NCC(=O)Nc1cc(-c2ccncc2)nn1C. The van der Waals surface area contributed by atoms with Crippen LogP contribution in [0.4, 0.5) is 5.82 Å². The molecule has 0 saturated heterocycles. The second kappa shape index (κ2) is 8.24. The van der Waals surface area contributed by atoms with Crippen LogP contribution in [0.25, 0.3) is 11.3 Å². The molecule has 2 rings (SSSR count). The smallest absolute Gasteiger partial charge is 0.244 e. The van der Waals surface area contributed by atoms with Gasteiger partial charge in [-0.25, -0.2) is 0 Å². The quantitative estimate of drug-likeness (QED) is 0.813. The summed E-state index contributed by atoms with van der Waals surface area (Å²) in [6.45, 7) is 4.07. The second-order valence-corrected chi connectivity index (χ2v) is 6.03. The topological polar surface area (TPSA) is 88.9 Å². The van der Waals surface area contributed by atoms with Crippen LogP contribution in [0.5, 0.6) is 0 Å². The molecule has 2 N–H and O–H groups in total. The number of anilines is 1. The highest BCUT2D eigenvalue weighted by Gasteiger charge is 2.11. The Bertz CT molecular complexity index is 694. The van der Waals surface area contributed by atoms with Gasteiger partial charge in [0.2, 0.25) is 11.8 Å². The van der Waals surface area contributed by atoms with Gasteiger partial charge in [-0.2, -0.15) is 5.10 Å². The third kappa shape index (κ3) is 5.19. The van der Waals surface area contributed by atoms with Crippen molar-refractivity contribution in [3.05, 3.63) is 30.6 Å². The molecule has 0 saturated carbocycles. The highest BCUT2D eigenvalue weighted by molar-refractivity contribution is 5.94. The van der Waals surface area contributed by atoms with Crippen molar-refractivity contribution in [2.24, 2.45) is 13.0 Å². The predicted octanol–water partition coefficient (Wildman–Crippen LogP) is 1.97. The summed E-state index contributed by atoms with van der Waals surface area (Å²) in [7, 11) is 1.75. The summed E-state index contributed by atoms with van der Waals surface area (Å²) in [5.74, 6) is 0.646. The molecular formula is C17H23N5O2. The van der Waals surface area contributed by atoms with Crippen molar-refractivity contribution in [1.29, 1.82) is 0 Å². The summed E-state index contributed by atoms with van der Waals surface area (Å²) in [6.07, 6.45) is 4.62. The maximum absolute atomic E-state index is 12.0. The lowest BCUT2D eigenvalue weighted by Gasteiger charge is -2.07. The van der Waals surface area contributed by atoms with Crippen LogP contribution < -0.4 is 10.6 Å². The number of nitrogens with zero attached hydrogens (tertiary/aromatic N) is 3. The Morgan fingerprint density at radius 1 is 1.21 bits per heavy atom. The largest absolute Gasteiger partial charge is 0.347 e. The van der Waals surface area contributed by atoms with E-state index in [0.717, 1.165) is 17.7 Å². The summed E-state index contributed by atoms with van der Waals surface area (Å²) in [5, 5.41) is 9.74. The van der Waals surface area contributed by atoms with Gasteiger partial charge in [0.25, 0.3) is 0 Å². The lowest BCUT2D eigenvalue weighted by Crippen LogP contribution is -2.33. The minimum atomic E-state index is -0.280. The molecule has 128 valence electrons. The van der Waals surface area contributed by atoms with Gasteiger partial charge in [-0.3, -0.25) is 19.3 Å². The van der Waals surface area contributed by atoms with Gasteiger partial charge in [-0.05, 0) is 24.5 Å². The molecule has 2 amide bonds. The third-order valence-electron chi connectivity index (χ3n) is 3.52. The fourth-order valence-corrected chi connectivity index (χ4v) is 2.12. The van der Waals surface area contributed by atoms with E-state index in [-0.39, 0.29) is 18.4 Å². The van der Waals surface area contributed by atoms with E-state index in [9.17, 15) is 9.59 Å². The maximum atomic E-state index is 12.0. The van der Waals surface area contributed by atoms with Crippen LogP contribution in [0.1, 0.15) is 26.7 Å². The molecular weight excluding hydrogens is 306 g/mol. The van der Waals surface area contributed by atoms with Gasteiger partial charge < -0.3 is 10.6 Å². The second-order valence-electron chi connectivity index (χ2n) is 6.03. The Labute approximate surface area is 141 Å². The fraction of sp³-hybridized carbons (Fsp3) is 0.412. The van der Waals surface area contributed by atoms with E-state index >= 15 is 0 Å². The monoisotopic (exact) mass is 329 g/mol. The summed E-state index contributed by atoms with van der Waals surface area (Å²) in [6, 6.07) is 5.49. The van der Waals surface area contributed by atoms with Gasteiger partial charge in [0.05, 0.1) is 12.2 Å². The molecule has 0 spiro atoms. The Kier molecular flexibility index (Phi) is 6.06. The molecule has 0 unspecified atom stereocenters. The molecule has 0 aliphatic rings. The normalized spacial score (nSPS) is 10.7. The summed E-state index contributed by atoms with van der Waals surface area (Å²) in [5.41, 5.74) is 1.67. The van der Waals surface area contributed by atoms with Crippen LogP contribution in [0.3, 0.4) is 0 Å². The van der Waals surface area contributed by atoms with Crippen molar-refractivity contribution in [2.75, 3.05) is 11.9 Å². The van der Waals surface area contributed by atoms with Crippen LogP contribution >= 0.6 is 0 Å². The van der Waals surface area contributed by atoms with Crippen LogP contribution in [0.2, 0.25) is 0 Å². The molecule has 7 heteroatoms. The first kappa shape index (κ1) is 17.7. The van der Waals surface area contributed by atoms with Gasteiger partial charge in [0.15, 0.2) is 0 Å². The number of aryl methyl sites for hydroxylation is 1. The first-order valence-corrected chi connectivity index (χ1v) is 7.96. The van der Waals surface area contributed by atoms with E-state index in [1.54, 1.807) is 30.2 Å². The van der Waals surface area contributed by atoms with Crippen molar-refractivity contribution in [3.63, 3.8) is 0 Å². The van der Waals surface area contributed by atoms with E-state index in [0.29, 0.717) is 18.2 Å². The average Bonchev–Trinajstić information content (AvgIpc) is 2.92. The van der Waals surface area contributed by atoms with Crippen molar-refractivity contribution in [2.45, 2.75) is 26.7 Å². The average molecular weight is 329 g/mol. The number of rotatable bonds is 7. The minimum absolute atomic E-state index is 0.0489. The van der Waals surface area contributed by atoms with Gasteiger partial charge >= 0.3 is 0 Å². The van der Waals surface area contributed by atoms with E-state index in [1.807, 2.05) is 12.1 Å². The van der Waals surface area contributed by atoms with Crippen LogP contribution in [-0.4, -0.2) is 33.1 Å². The van der Waals surface area contributed by atoms with Crippen molar-refractivity contribution in [3.8, 4) is 11.3 Å². The van der Waals surface area contributed by atoms with Gasteiger partial charge in [0.1, 0.15) is 5.82 Å². The summed E-state index contributed by atoms with van der Waals surface area (Å²) < 4.78 is 1.59. The number of carbonyl (C=O) groups is 2. The minimum Gasteiger partial charge on any atom is -0.347 e. The lowest BCUT2D eigenvalue weighted by atomic mass is 10.1. The molecule has 0 bridgehead atoms. The molecule has 2 heterocycles. The highest BCUT2D eigenvalue weighted by Crippen LogP contribution is 2.20. The number of hydrogen-bond donors (Lipinski definition) is 2. The van der Waals surface area contributed by atoms with E-state index in [4.69, 9.17) is 0 Å². The maximum Gasteiger partial charge on any atom is 0.244 e. The number of nitrogens with one attached hydrogen (secondary N) is 2. The number of aromatic nitrogens is 3. The van der Waals surface area contributed by atoms with Crippen LogP contribution in [-0.2, 0) is 16.6 Å². The van der Waals surface area contributed by atoms with E-state index in [1.165, 1.54) is 0 Å². The molecule has 0 atom stereocenters. The first-order valence-electron chi connectivity index (χ1n) is 7.96. The number of amides is 2. The predicted molar refractivity (Wildman–Crippen MR) is 92.2 cm³/mol. The van der Waals surface area contributed by atoms with Crippen LogP contribution in [0, 0.1) is 5.92 Å². The number of pyridine rings is 1. The highest BCUT2D eigenvalue weighted by atomic mass is 16.2. The Morgan fingerprint density at radius 2 is 1.92 bits per heavy atom.